The van der Waals surface area contributed by atoms with Crippen LogP contribution in [0.25, 0.3) is 10.9 Å². The van der Waals surface area contributed by atoms with E-state index in [4.69, 9.17) is 4.74 Å². The molecule has 1 unspecified atom stereocenters. The number of carbonyl (C=O) groups excluding carboxylic acids is 2. The van der Waals surface area contributed by atoms with Crippen LogP contribution in [0.4, 0.5) is 5.69 Å². The molecule has 0 saturated heterocycles. The van der Waals surface area contributed by atoms with Crippen LogP contribution in [-0.4, -0.2) is 27.5 Å². The van der Waals surface area contributed by atoms with Gasteiger partial charge in [-0.15, -0.1) is 0 Å². The van der Waals surface area contributed by atoms with E-state index in [2.05, 4.69) is 5.32 Å². The molecule has 1 atom stereocenters. The van der Waals surface area contributed by atoms with Gasteiger partial charge in [-0.1, -0.05) is 30.3 Å². The minimum Gasteiger partial charge on any atom is -0.481 e. The van der Waals surface area contributed by atoms with Crippen LogP contribution in [0.5, 0.6) is 11.5 Å². The molecule has 0 bridgehead atoms. The first-order valence-corrected chi connectivity index (χ1v) is 11.5. The highest BCUT2D eigenvalue weighted by Crippen LogP contribution is 2.40. The number of benzene rings is 3. The SMILES string of the molecule is CC(=O)Nc1ccc(C(=O)n2c3c(c4cccc(Oc5ccccc5)c42)CC(C(=O)O)CC3)cc1. The molecule has 0 radical (unpaired) electrons. The van der Waals surface area contributed by atoms with Crippen LogP contribution in [0.1, 0.15) is 35.0 Å². The van der Waals surface area contributed by atoms with E-state index in [0.29, 0.717) is 47.5 Å². The molecule has 5 rings (SSSR count). The maximum absolute atomic E-state index is 13.9. The number of aliphatic carboxylic acids is 1. The van der Waals surface area contributed by atoms with Crippen LogP contribution in [0.3, 0.4) is 0 Å². The smallest absolute Gasteiger partial charge is 0.306 e. The largest absolute Gasteiger partial charge is 0.481 e. The maximum atomic E-state index is 13.9. The second-order valence-corrected chi connectivity index (χ2v) is 8.67. The summed E-state index contributed by atoms with van der Waals surface area (Å²) in [4.78, 5) is 37.0. The van der Waals surface area contributed by atoms with E-state index in [9.17, 15) is 19.5 Å². The summed E-state index contributed by atoms with van der Waals surface area (Å²) < 4.78 is 7.87. The molecule has 2 N–H and O–H groups in total. The van der Waals surface area contributed by atoms with Crippen LogP contribution >= 0.6 is 0 Å². The molecular formula is C28H24N2O5. The van der Waals surface area contributed by atoms with Crippen molar-refractivity contribution in [3.63, 3.8) is 0 Å². The van der Waals surface area contributed by atoms with Gasteiger partial charge in [-0.3, -0.25) is 19.0 Å². The minimum atomic E-state index is -0.826. The molecule has 176 valence electrons. The Morgan fingerprint density at radius 1 is 0.971 bits per heavy atom. The van der Waals surface area contributed by atoms with Crippen molar-refractivity contribution in [2.75, 3.05) is 5.32 Å². The Morgan fingerprint density at radius 3 is 2.40 bits per heavy atom. The number of hydrogen-bond acceptors (Lipinski definition) is 4. The number of rotatable bonds is 5. The number of carboxylic acid groups (broad SMARTS) is 1. The highest BCUT2D eigenvalue weighted by Gasteiger charge is 2.32. The first-order chi connectivity index (χ1) is 16.9. The van der Waals surface area contributed by atoms with Gasteiger partial charge in [0.1, 0.15) is 5.75 Å². The van der Waals surface area contributed by atoms with Crippen molar-refractivity contribution < 1.29 is 24.2 Å². The topological polar surface area (TPSA) is 97.6 Å². The van der Waals surface area contributed by atoms with Crippen molar-refractivity contribution in [2.24, 2.45) is 5.92 Å². The molecule has 0 saturated carbocycles. The second-order valence-electron chi connectivity index (χ2n) is 8.67. The van der Waals surface area contributed by atoms with Crippen molar-refractivity contribution in [3.05, 3.63) is 89.6 Å². The van der Waals surface area contributed by atoms with Gasteiger partial charge in [-0.05, 0) is 67.3 Å². The number of fused-ring (bicyclic) bond motifs is 3. The zero-order valence-corrected chi connectivity index (χ0v) is 19.2. The second kappa shape index (κ2) is 9.10. The lowest BCUT2D eigenvalue weighted by Crippen LogP contribution is -2.24. The molecule has 0 spiro atoms. The third kappa shape index (κ3) is 4.28. The van der Waals surface area contributed by atoms with Gasteiger partial charge >= 0.3 is 5.97 Å². The van der Waals surface area contributed by atoms with Crippen LogP contribution in [0.15, 0.2) is 72.8 Å². The number of nitrogens with zero attached hydrogens (tertiary/aromatic N) is 1. The number of aromatic nitrogens is 1. The van der Waals surface area contributed by atoms with Gasteiger partial charge in [0, 0.05) is 29.3 Å². The third-order valence-corrected chi connectivity index (χ3v) is 6.32. The van der Waals surface area contributed by atoms with Crippen LogP contribution in [-0.2, 0) is 22.4 Å². The molecule has 7 nitrogen and oxygen atoms in total. The Bertz CT molecular complexity index is 1440. The fourth-order valence-electron chi connectivity index (χ4n) is 4.73. The number of anilines is 1. The summed E-state index contributed by atoms with van der Waals surface area (Å²) in [7, 11) is 0. The molecule has 1 amide bonds. The van der Waals surface area contributed by atoms with Crippen molar-refractivity contribution >= 4 is 34.4 Å². The molecule has 1 aromatic heterocycles. The Hall–Kier alpha value is -4.39. The Kier molecular flexibility index (Phi) is 5.82. The minimum absolute atomic E-state index is 0.190. The number of amides is 1. The van der Waals surface area contributed by atoms with E-state index in [-0.39, 0.29) is 11.8 Å². The van der Waals surface area contributed by atoms with E-state index in [1.807, 2.05) is 48.5 Å². The van der Waals surface area contributed by atoms with Gasteiger partial charge in [0.15, 0.2) is 5.75 Å². The first kappa shape index (κ1) is 22.4. The maximum Gasteiger partial charge on any atom is 0.306 e. The highest BCUT2D eigenvalue weighted by atomic mass is 16.5. The summed E-state index contributed by atoms with van der Waals surface area (Å²) in [5.41, 5.74) is 3.38. The zero-order valence-electron chi connectivity index (χ0n) is 19.2. The van der Waals surface area contributed by atoms with Crippen molar-refractivity contribution in [3.8, 4) is 11.5 Å². The van der Waals surface area contributed by atoms with E-state index < -0.39 is 11.9 Å². The summed E-state index contributed by atoms with van der Waals surface area (Å²) in [5, 5.41) is 13.2. The molecule has 3 aromatic carbocycles. The Balaban J connectivity index is 1.66. The van der Waals surface area contributed by atoms with Gasteiger partial charge in [-0.25, -0.2) is 0 Å². The van der Waals surface area contributed by atoms with Crippen molar-refractivity contribution in [2.45, 2.75) is 26.2 Å². The normalized spacial score (nSPS) is 14.8. The Morgan fingerprint density at radius 2 is 1.71 bits per heavy atom. The number of nitrogens with one attached hydrogen (secondary N) is 1. The Labute approximate surface area is 202 Å². The monoisotopic (exact) mass is 468 g/mol. The van der Waals surface area contributed by atoms with E-state index in [0.717, 1.165) is 16.6 Å². The van der Waals surface area contributed by atoms with Crippen LogP contribution in [0, 0.1) is 5.92 Å². The predicted molar refractivity (Wildman–Crippen MR) is 132 cm³/mol. The van der Waals surface area contributed by atoms with E-state index >= 15 is 0 Å². The molecular weight excluding hydrogens is 444 g/mol. The summed E-state index contributed by atoms with van der Waals surface area (Å²) in [6.07, 6.45) is 1.29. The average molecular weight is 469 g/mol. The number of carbonyl (C=O) groups is 3. The number of hydrogen-bond donors (Lipinski definition) is 2. The molecule has 1 heterocycles. The molecule has 4 aromatic rings. The number of ether oxygens (including phenoxy) is 1. The summed E-state index contributed by atoms with van der Waals surface area (Å²) >= 11 is 0. The van der Waals surface area contributed by atoms with E-state index in [1.54, 1.807) is 28.8 Å². The van der Waals surface area contributed by atoms with Gasteiger partial charge in [0.05, 0.1) is 11.4 Å². The average Bonchev–Trinajstić information content (AvgIpc) is 3.19. The van der Waals surface area contributed by atoms with Crippen molar-refractivity contribution in [1.82, 2.24) is 4.57 Å². The standard InChI is InChI=1S/C28H24N2O5/c1-17(31)29-20-13-10-18(11-14-20)27(32)30-24-15-12-19(28(33)34)16-23(24)22-8-5-9-25(26(22)30)35-21-6-3-2-4-7-21/h2-11,13-14,19H,12,15-16H2,1H3,(H,29,31)(H,33,34). The zero-order chi connectivity index (χ0) is 24.5. The fourth-order valence-corrected chi connectivity index (χ4v) is 4.73. The first-order valence-electron chi connectivity index (χ1n) is 11.5. The molecule has 1 aliphatic carbocycles. The van der Waals surface area contributed by atoms with Gasteiger partial charge < -0.3 is 15.2 Å². The number of para-hydroxylation sites is 2. The fraction of sp³-hybridized carbons (Fsp3) is 0.179. The van der Waals surface area contributed by atoms with Gasteiger partial charge in [0.2, 0.25) is 5.91 Å². The molecule has 0 aliphatic heterocycles. The molecule has 7 heteroatoms. The lowest BCUT2D eigenvalue weighted by atomic mass is 9.86. The van der Waals surface area contributed by atoms with Crippen LogP contribution in [0.2, 0.25) is 0 Å². The molecule has 1 aliphatic rings. The van der Waals surface area contributed by atoms with Gasteiger partial charge in [0.25, 0.3) is 5.91 Å². The predicted octanol–water partition coefficient (Wildman–Crippen LogP) is 5.27. The lowest BCUT2D eigenvalue weighted by molar-refractivity contribution is -0.142. The summed E-state index contributed by atoms with van der Waals surface area (Å²) in [5.74, 6) is -0.575. The number of carboxylic acids is 1. The van der Waals surface area contributed by atoms with Crippen LogP contribution < -0.4 is 10.1 Å². The van der Waals surface area contributed by atoms with Crippen molar-refractivity contribution in [1.29, 1.82) is 0 Å². The summed E-state index contributed by atoms with van der Waals surface area (Å²) in [6.45, 7) is 1.43. The molecule has 35 heavy (non-hydrogen) atoms. The third-order valence-electron chi connectivity index (χ3n) is 6.32. The lowest BCUT2D eigenvalue weighted by Gasteiger charge is -2.20. The summed E-state index contributed by atoms with van der Waals surface area (Å²) in [6, 6.07) is 21.7. The van der Waals surface area contributed by atoms with E-state index in [1.165, 1.54) is 6.92 Å². The van der Waals surface area contributed by atoms with Gasteiger partial charge in [-0.2, -0.15) is 0 Å². The quantitative estimate of drug-likeness (QED) is 0.416. The highest BCUT2D eigenvalue weighted by molar-refractivity contribution is 6.06. The molecule has 0 fully saturated rings.